The molecule has 0 aromatic rings. The van der Waals surface area contributed by atoms with Crippen molar-refractivity contribution in [3.63, 3.8) is 0 Å². The molecule has 0 aromatic heterocycles. The number of hydrogen-bond donors (Lipinski definition) is 3. The summed E-state index contributed by atoms with van der Waals surface area (Å²) in [7, 11) is 0. The third-order valence-corrected chi connectivity index (χ3v) is 0.610. The molecule has 0 atom stereocenters. The minimum absolute atomic E-state index is 0.497. The maximum atomic E-state index is 9.85. The summed E-state index contributed by atoms with van der Waals surface area (Å²) >= 11 is 0. The van der Waals surface area contributed by atoms with E-state index in [1.54, 1.807) is 0 Å². The highest BCUT2D eigenvalue weighted by atomic mass is 16.7. The van der Waals surface area contributed by atoms with Crippen molar-refractivity contribution in [1.29, 1.82) is 0 Å². The molecule has 0 saturated carbocycles. The Hall–Kier alpha value is -1.86. The number of aliphatic carboxylic acids is 1. The third kappa shape index (κ3) is 6.02. The number of carbonyl (C=O) groups is 1. The van der Waals surface area contributed by atoms with Crippen molar-refractivity contribution >= 4 is 11.9 Å². The van der Waals surface area contributed by atoms with Gasteiger partial charge in [0.25, 0.3) is 5.96 Å². The molecule has 0 aliphatic rings. The van der Waals surface area contributed by atoms with Crippen LogP contribution in [-0.2, 0) is 4.79 Å². The zero-order valence-corrected chi connectivity index (χ0v) is 5.35. The number of nitrogens with two attached hydrogens (primary N) is 1. The smallest absolute Gasteiger partial charge is 0.322 e. The Morgan fingerprint density at radius 1 is 1.82 bits per heavy atom. The highest BCUT2D eigenvalue weighted by Crippen LogP contribution is 1.68. The number of nitrogens with one attached hydrogen (secondary N) is 1. The number of rotatable bonds is 3. The quantitative estimate of drug-likeness (QED) is 0.193. The zero-order chi connectivity index (χ0) is 8.85. The molecule has 11 heavy (non-hydrogen) atoms. The topological polar surface area (TPSA) is 131 Å². The summed E-state index contributed by atoms with van der Waals surface area (Å²) in [5.74, 6) is -1.70. The standard InChI is InChI=1S/C3H6N4O4/c4-3(6-7(10)11)5-1-2(8)9/h1H2,(H,8,9)(H3,4,5,6). The van der Waals surface area contributed by atoms with Crippen LogP contribution in [-0.4, -0.2) is 28.6 Å². The summed E-state index contributed by atoms with van der Waals surface area (Å²) in [5, 5.41) is 21.2. The van der Waals surface area contributed by atoms with E-state index in [9.17, 15) is 14.9 Å². The van der Waals surface area contributed by atoms with E-state index in [-0.39, 0.29) is 0 Å². The van der Waals surface area contributed by atoms with Gasteiger partial charge in [0, 0.05) is 0 Å². The summed E-state index contributed by atoms with van der Waals surface area (Å²) in [6.07, 6.45) is 0. The number of nitrogens with zero attached hydrogens (tertiary/aromatic N) is 2. The monoisotopic (exact) mass is 162 g/mol. The van der Waals surface area contributed by atoms with Crippen LogP contribution in [0.4, 0.5) is 0 Å². The predicted molar refractivity (Wildman–Crippen MR) is 34.3 cm³/mol. The second-order valence-electron chi connectivity index (χ2n) is 1.47. The zero-order valence-electron chi connectivity index (χ0n) is 5.35. The van der Waals surface area contributed by atoms with Gasteiger partial charge in [0.05, 0.1) is 0 Å². The van der Waals surface area contributed by atoms with E-state index >= 15 is 0 Å². The molecule has 0 aliphatic carbocycles. The molecule has 0 fully saturated rings. The second kappa shape index (κ2) is 4.04. The average Bonchev–Trinajstić information content (AvgIpc) is 1.82. The average molecular weight is 162 g/mol. The van der Waals surface area contributed by atoms with Crippen molar-refractivity contribution in [3.8, 4) is 0 Å². The molecule has 4 N–H and O–H groups in total. The second-order valence-corrected chi connectivity index (χ2v) is 1.47. The summed E-state index contributed by atoms with van der Waals surface area (Å²) in [4.78, 5) is 19.5. The normalized spacial score (nSPS) is 10.7. The van der Waals surface area contributed by atoms with E-state index in [0.29, 0.717) is 0 Å². The van der Waals surface area contributed by atoms with E-state index < -0.39 is 23.5 Å². The van der Waals surface area contributed by atoms with Crippen molar-refractivity contribution in [2.75, 3.05) is 6.54 Å². The molecule has 0 spiro atoms. The predicted octanol–water partition coefficient (Wildman–Crippen LogP) is -1.83. The lowest BCUT2D eigenvalue weighted by Crippen LogP contribution is -2.36. The van der Waals surface area contributed by atoms with Crippen molar-refractivity contribution in [2.24, 2.45) is 10.8 Å². The molecule has 0 saturated heterocycles. The number of nitro groups is 1. The maximum absolute atomic E-state index is 9.85. The van der Waals surface area contributed by atoms with Gasteiger partial charge in [-0.25, -0.2) is 10.1 Å². The lowest BCUT2D eigenvalue weighted by Gasteiger charge is -1.95. The minimum Gasteiger partial charge on any atom is -0.480 e. The first-order valence-corrected chi connectivity index (χ1v) is 2.46. The molecule has 0 amide bonds. The van der Waals surface area contributed by atoms with Crippen LogP contribution in [0.15, 0.2) is 5.10 Å². The lowest BCUT2D eigenvalue weighted by molar-refractivity contribution is -0.485. The molecule has 0 aromatic carbocycles. The fourth-order valence-electron chi connectivity index (χ4n) is 0.289. The van der Waals surface area contributed by atoms with Crippen LogP contribution in [0.2, 0.25) is 0 Å². The lowest BCUT2D eigenvalue weighted by atomic mass is 10.6. The number of carboxylic acids is 1. The van der Waals surface area contributed by atoms with Gasteiger partial charge in [-0.05, 0) is 0 Å². The van der Waals surface area contributed by atoms with E-state index in [1.165, 1.54) is 0 Å². The summed E-state index contributed by atoms with van der Waals surface area (Å²) in [5.41, 5.74) is 4.86. The Bertz CT molecular complexity index is 200. The Morgan fingerprint density at radius 3 is 2.73 bits per heavy atom. The van der Waals surface area contributed by atoms with E-state index in [2.05, 4.69) is 5.10 Å². The van der Waals surface area contributed by atoms with Crippen molar-refractivity contribution in [3.05, 3.63) is 10.1 Å². The molecule has 0 radical (unpaired) electrons. The van der Waals surface area contributed by atoms with Gasteiger partial charge in [0.15, 0.2) is 5.03 Å². The van der Waals surface area contributed by atoms with Crippen LogP contribution in [0.25, 0.3) is 0 Å². The first-order chi connectivity index (χ1) is 5.02. The molecule has 0 heterocycles. The minimum atomic E-state index is -1.17. The largest absolute Gasteiger partial charge is 0.480 e. The molecular weight excluding hydrogens is 156 g/mol. The first-order valence-electron chi connectivity index (χ1n) is 2.46. The summed E-state index contributed by atoms with van der Waals surface area (Å²) in [6, 6.07) is 0. The van der Waals surface area contributed by atoms with Gasteiger partial charge in [-0.15, -0.1) is 0 Å². The van der Waals surface area contributed by atoms with Gasteiger partial charge in [0.1, 0.15) is 11.6 Å². The van der Waals surface area contributed by atoms with Crippen molar-refractivity contribution in [1.82, 2.24) is 5.32 Å². The van der Waals surface area contributed by atoms with E-state index in [0.717, 1.165) is 0 Å². The summed E-state index contributed by atoms with van der Waals surface area (Å²) < 4.78 is 0. The number of hydrazone groups is 1. The number of carboxylic acid groups (broad SMARTS) is 1. The molecule has 62 valence electrons. The van der Waals surface area contributed by atoms with E-state index in [1.807, 2.05) is 5.32 Å². The molecule has 0 aliphatic heterocycles. The van der Waals surface area contributed by atoms with Crippen LogP contribution < -0.4 is 11.1 Å². The Balaban J connectivity index is 3.77. The van der Waals surface area contributed by atoms with Gasteiger partial charge >= 0.3 is 5.97 Å². The SMILES string of the molecule is N/C(=N\[N+](=O)[O-])NCC(=O)O. The fourth-order valence-corrected chi connectivity index (χ4v) is 0.289. The molecule has 8 heteroatoms. The number of guanidine groups is 1. The van der Waals surface area contributed by atoms with Gasteiger partial charge in [0.2, 0.25) is 0 Å². The van der Waals surface area contributed by atoms with Crippen LogP contribution in [0.5, 0.6) is 0 Å². The molecular formula is C3H6N4O4. The van der Waals surface area contributed by atoms with Gasteiger partial charge in [-0.3, -0.25) is 4.79 Å². The van der Waals surface area contributed by atoms with Gasteiger partial charge in [-0.2, -0.15) is 0 Å². The molecule has 0 rings (SSSR count). The Morgan fingerprint density at radius 2 is 2.36 bits per heavy atom. The maximum Gasteiger partial charge on any atom is 0.322 e. The van der Waals surface area contributed by atoms with Gasteiger partial charge in [-0.1, -0.05) is 0 Å². The molecule has 0 bridgehead atoms. The van der Waals surface area contributed by atoms with E-state index in [4.69, 9.17) is 10.8 Å². The third-order valence-electron chi connectivity index (χ3n) is 0.610. The Kier molecular flexibility index (Phi) is 3.35. The van der Waals surface area contributed by atoms with Crippen molar-refractivity contribution in [2.45, 2.75) is 0 Å². The van der Waals surface area contributed by atoms with Crippen molar-refractivity contribution < 1.29 is 14.9 Å². The Labute approximate surface area is 60.8 Å². The summed E-state index contributed by atoms with van der Waals surface area (Å²) in [6.45, 7) is -0.497. The van der Waals surface area contributed by atoms with Crippen LogP contribution in [0.3, 0.4) is 0 Å². The fraction of sp³-hybridized carbons (Fsp3) is 0.333. The molecule has 8 nitrogen and oxygen atoms in total. The van der Waals surface area contributed by atoms with Crippen LogP contribution >= 0.6 is 0 Å². The van der Waals surface area contributed by atoms with Crippen LogP contribution in [0, 0.1) is 10.1 Å². The molecule has 0 unspecified atom stereocenters. The highest BCUT2D eigenvalue weighted by molar-refractivity contribution is 5.81. The van der Waals surface area contributed by atoms with Gasteiger partial charge < -0.3 is 16.2 Å². The highest BCUT2D eigenvalue weighted by Gasteiger charge is 2.00. The van der Waals surface area contributed by atoms with Crippen LogP contribution in [0.1, 0.15) is 0 Å². The number of hydrogen-bond acceptors (Lipinski definition) is 3. The first kappa shape index (κ1) is 9.14.